The summed E-state index contributed by atoms with van der Waals surface area (Å²) in [6.07, 6.45) is 13.0. The SMILES string of the molecule is C=CCCC1=CC2CC1C1C(=O)N(Cc3cccc(CN4C(=O)C5C(C=C)CC(CCC=C)C5C4=O)c3)C(=O)C21. The lowest BCUT2D eigenvalue weighted by atomic mass is 9.80. The van der Waals surface area contributed by atoms with Crippen LogP contribution < -0.4 is 0 Å². The Morgan fingerprint density at radius 1 is 0.775 bits per heavy atom. The number of nitrogens with zero attached hydrogens (tertiary/aromatic N) is 2. The molecule has 8 atom stereocenters. The van der Waals surface area contributed by atoms with Crippen molar-refractivity contribution in [1.82, 2.24) is 9.80 Å². The molecule has 0 N–H and O–H groups in total. The highest BCUT2D eigenvalue weighted by molar-refractivity contribution is 6.07. The van der Waals surface area contributed by atoms with Gasteiger partial charge in [-0.1, -0.05) is 54.1 Å². The van der Waals surface area contributed by atoms with E-state index in [0.717, 1.165) is 49.7 Å². The summed E-state index contributed by atoms with van der Waals surface area (Å²) in [5.41, 5.74) is 2.97. The molecule has 2 saturated heterocycles. The smallest absolute Gasteiger partial charge is 0.234 e. The van der Waals surface area contributed by atoms with Gasteiger partial charge >= 0.3 is 0 Å². The maximum atomic E-state index is 13.5. The van der Waals surface area contributed by atoms with Crippen LogP contribution in [0.25, 0.3) is 0 Å². The van der Waals surface area contributed by atoms with Crippen molar-refractivity contribution in [3.63, 3.8) is 0 Å². The van der Waals surface area contributed by atoms with E-state index in [1.54, 1.807) is 0 Å². The number of imide groups is 2. The number of hydrogen-bond acceptors (Lipinski definition) is 4. The van der Waals surface area contributed by atoms with Crippen LogP contribution >= 0.6 is 0 Å². The van der Waals surface area contributed by atoms with Gasteiger partial charge in [0.05, 0.1) is 36.8 Å². The first-order valence-corrected chi connectivity index (χ1v) is 14.7. The van der Waals surface area contributed by atoms with Crippen LogP contribution in [0, 0.1) is 47.3 Å². The number of hydrogen-bond donors (Lipinski definition) is 0. The molecule has 8 unspecified atom stereocenters. The van der Waals surface area contributed by atoms with E-state index in [0.29, 0.717) is 0 Å². The molecule has 1 aromatic rings. The first kappa shape index (κ1) is 26.7. The van der Waals surface area contributed by atoms with E-state index in [9.17, 15) is 19.2 Å². The maximum absolute atomic E-state index is 13.5. The third kappa shape index (κ3) is 4.15. The van der Waals surface area contributed by atoms with Crippen LogP contribution in [0.15, 0.2) is 73.9 Å². The second kappa shape index (κ2) is 10.5. The molecule has 2 aliphatic heterocycles. The van der Waals surface area contributed by atoms with Gasteiger partial charge in [-0.05, 0) is 73.3 Å². The van der Waals surface area contributed by atoms with Crippen molar-refractivity contribution in [2.24, 2.45) is 47.3 Å². The average molecular weight is 539 g/mol. The lowest BCUT2D eigenvalue weighted by Gasteiger charge is -2.22. The minimum Gasteiger partial charge on any atom is -0.278 e. The van der Waals surface area contributed by atoms with Crippen LogP contribution in [0.2, 0.25) is 0 Å². The van der Waals surface area contributed by atoms with Crippen molar-refractivity contribution in [2.45, 2.75) is 51.6 Å². The van der Waals surface area contributed by atoms with E-state index in [4.69, 9.17) is 0 Å². The van der Waals surface area contributed by atoms with Crippen LogP contribution in [-0.2, 0) is 32.3 Å². The summed E-state index contributed by atoms with van der Waals surface area (Å²) in [4.78, 5) is 56.7. The van der Waals surface area contributed by atoms with Crippen molar-refractivity contribution < 1.29 is 19.2 Å². The largest absolute Gasteiger partial charge is 0.278 e. The molecule has 2 heterocycles. The Labute approximate surface area is 236 Å². The van der Waals surface area contributed by atoms with Crippen LogP contribution in [0.3, 0.4) is 0 Å². The molecular formula is C34H38N2O4. The molecule has 3 aliphatic carbocycles. The molecule has 6 nitrogen and oxygen atoms in total. The number of carbonyl (C=O) groups is 4. The van der Waals surface area contributed by atoms with Crippen molar-refractivity contribution in [3.8, 4) is 0 Å². The molecule has 208 valence electrons. The van der Waals surface area contributed by atoms with Crippen molar-refractivity contribution in [2.75, 3.05) is 0 Å². The molecule has 2 bridgehead atoms. The highest BCUT2D eigenvalue weighted by atomic mass is 16.2. The van der Waals surface area contributed by atoms with E-state index < -0.39 is 0 Å². The van der Waals surface area contributed by atoms with Gasteiger partial charge in [-0.25, -0.2) is 0 Å². The van der Waals surface area contributed by atoms with Crippen LogP contribution in [0.5, 0.6) is 0 Å². The molecule has 4 amide bonds. The Hall–Kier alpha value is -3.54. The van der Waals surface area contributed by atoms with Gasteiger partial charge in [0.2, 0.25) is 23.6 Å². The third-order valence-corrected chi connectivity index (χ3v) is 10.2. The first-order chi connectivity index (χ1) is 19.4. The number of likely N-dealkylation sites (tertiary alicyclic amines) is 2. The van der Waals surface area contributed by atoms with Gasteiger partial charge in [-0.15, -0.1) is 19.7 Å². The van der Waals surface area contributed by atoms with E-state index >= 15 is 0 Å². The third-order valence-electron chi connectivity index (χ3n) is 10.2. The number of amides is 4. The fourth-order valence-electron chi connectivity index (χ4n) is 8.46. The van der Waals surface area contributed by atoms with E-state index in [1.807, 2.05) is 42.5 Å². The fourth-order valence-corrected chi connectivity index (χ4v) is 8.46. The minimum absolute atomic E-state index is 0.0151. The number of fused-ring (bicyclic) bond motifs is 6. The number of rotatable bonds is 11. The van der Waals surface area contributed by atoms with E-state index in [2.05, 4.69) is 25.8 Å². The van der Waals surface area contributed by atoms with Gasteiger partial charge in [-0.3, -0.25) is 29.0 Å². The van der Waals surface area contributed by atoms with E-state index in [1.165, 1.54) is 15.4 Å². The molecule has 0 aromatic heterocycles. The van der Waals surface area contributed by atoms with Gasteiger partial charge in [0.1, 0.15) is 0 Å². The van der Waals surface area contributed by atoms with Crippen molar-refractivity contribution in [1.29, 1.82) is 0 Å². The molecule has 0 radical (unpaired) electrons. The molecule has 2 saturated carbocycles. The maximum Gasteiger partial charge on any atom is 0.234 e. The van der Waals surface area contributed by atoms with Gasteiger partial charge in [-0.2, -0.15) is 0 Å². The van der Waals surface area contributed by atoms with Gasteiger partial charge < -0.3 is 0 Å². The topological polar surface area (TPSA) is 74.8 Å². The molecule has 1 aromatic carbocycles. The molecule has 0 spiro atoms. The summed E-state index contributed by atoms with van der Waals surface area (Å²) in [5, 5.41) is 0. The quantitative estimate of drug-likeness (QED) is 0.286. The molecule has 6 heteroatoms. The standard InChI is InChI=1S/C34H38N2O4/c1-4-7-12-23-16-25-17-26(23)30-29(25)33(39)36(34(30)40)19-21-11-9-10-20(14-21)18-35-31(37)27-22(6-3)15-24(13-8-5-2)28(27)32(35)38/h4-6,9-11,14,16,22,24-30H,1-3,7-8,12-13,15,17-19H2. The van der Waals surface area contributed by atoms with Crippen molar-refractivity contribution in [3.05, 3.63) is 85.0 Å². The molecule has 40 heavy (non-hydrogen) atoms. The predicted molar refractivity (Wildman–Crippen MR) is 152 cm³/mol. The molecular weight excluding hydrogens is 500 g/mol. The zero-order valence-corrected chi connectivity index (χ0v) is 23.0. The lowest BCUT2D eigenvalue weighted by molar-refractivity contribution is -0.143. The summed E-state index contributed by atoms with van der Waals surface area (Å²) in [7, 11) is 0. The summed E-state index contributed by atoms with van der Waals surface area (Å²) in [6.45, 7) is 12.0. The zero-order chi connectivity index (χ0) is 28.1. The summed E-state index contributed by atoms with van der Waals surface area (Å²) in [5.74, 6) is -0.925. The van der Waals surface area contributed by atoms with Crippen molar-refractivity contribution >= 4 is 23.6 Å². The highest BCUT2D eigenvalue weighted by Gasteiger charge is 2.61. The van der Waals surface area contributed by atoms with Crippen LogP contribution in [-0.4, -0.2) is 33.4 Å². The predicted octanol–water partition coefficient (Wildman–Crippen LogP) is 5.22. The number of benzene rings is 1. The Morgan fingerprint density at radius 3 is 2.05 bits per heavy atom. The normalized spacial score (nSPS) is 34.0. The minimum atomic E-state index is -0.331. The Kier molecular flexibility index (Phi) is 6.97. The van der Waals surface area contributed by atoms with Crippen LogP contribution in [0.1, 0.15) is 49.7 Å². The number of carbonyl (C=O) groups excluding carboxylic acids is 4. The van der Waals surface area contributed by atoms with Crippen LogP contribution in [0.4, 0.5) is 0 Å². The molecule has 5 aliphatic rings. The Morgan fingerprint density at radius 2 is 1.40 bits per heavy atom. The first-order valence-electron chi connectivity index (χ1n) is 14.7. The average Bonchev–Trinajstić information content (AvgIpc) is 3.74. The second-order valence-corrected chi connectivity index (χ2v) is 12.3. The summed E-state index contributed by atoms with van der Waals surface area (Å²) in [6, 6.07) is 7.60. The molecule has 6 rings (SSSR count). The van der Waals surface area contributed by atoms with E-state index in [-0.39, 0.29) is 84.1 Å². The summed E-state index contributed by atoms with van der Waals surface area (Å²) < 4.78 is 0. The van der Waals surface area contributed by atoms with Gasteiger partial charge in [0.15, 0.2) is 0 Å². The highest BCUT2D eigenvalue weighted by Crippen LogP contribution is 2.56. The Bertz CT molecular complexity index is 1330. The molecule has 4 fully saturated rings. The van der Waals surface area contributed by atoms with Gasteiger partial charge in [0.25, 0.3) is 0 Å². The lowest BCUT2D eigenvalue weighted by Crippen LogP contribution is -2.33. The monoisotopic (exact) mass is 538 g/mol. The fraction of sp³-hybridized carbons (Fsp3) is 0.471. The number of allylic oxidation sites excluding steroid dienone is 5. The second-order valence-electron chi connectivity index (χ2n) is 12.3. The zero-order valence-electron chi connectivity index (χ0n) is 23.0. The summed E-state index contributed by atoms with van der Waals surface area (Å²) >= 11 is 0. The Balaban J connectivity index is 1.15. The van der Waals surface area contributed by atoms with Gasteiger partial charge in [0, 0.05) is 0 Å².